The summed E-state index contributed by atoms with van der Waals surface area (Å²) in [4.78, 5) is 2.72. The molecule has 5 nitrogen and oxygen atoms in total. The summed E-state index contributed by atoms with van der Waals surface area (Å²) in [5, 5.41) is 3.70. The smallest absolute Gasteiger partial charge is 0.123 e. The highest BCUT2D eigenvalue weighted by atomic mass is 16.5. The number of ether oxygens (including phenoxy) is 3. The normalized spacial score (nSPS) is 21.0. The van der Waals surface area contributed by atoms with Gasteiger partial charge in [-0.1, -0.05) is 6.42 Å². The molecular formula is C20H32N2O3. The van der Waals surface area contributed by atoms with Gasteiger partial charge in [-0.2, -0.15) is 0 Å². The number of nitrogens with zero attached hydrogens (tertiary/aromatic N) is 1. The maximum atomic E-state index is 5.66. The van der Waals surface area contributed by atoms with Crippen LogP contribution in [-0.2, 0) is 11.3 Å². The van der Waals surface area contributed by atoms with Gasteiger partial charge in [0, 0.05) is 37.4 Å². The van der Waals surface area contributed by atoms with Crippen molar-refractivity contribution in [3.05, 3.63) is 23.8 Å². The first kappa shape index (κ1) is 18.5. The Labute approximate surface area is 151 Å². The van der Waals surface area contributed by atoms with Crippen molar-refractivity contribution in [2.45, 2.75) is 44.2 Å². The number of hydrogen-bond acceptors (Lipinski definition) is 5. The zero-order valence-corrected chi connectivity index (χ0v) is 15.7. The lowest BCUT2D eigenvalue weighted by Gasteiger charge is -2.48. The zero-order valence-electron chi connectivity index (χ0n) is 15.7. The Morgan fingerprint density at radius 1 is 1.08 bits per heavy atom. The second-order valence-corrected chi connectivity index (χ2v) is 7.17. The molecule has 25 heavy (non-hydrogen) atoms. The van der Waals surface area contributed by atoms with Crippen LogP contribution in [0.5, 0.6) is 11.5 Å². The minimum Gasteiger partial charge on any atom is -0.497 e. The van der Waals surface area contributed by atoms with Gasteiger partial charge in [0.05, 0.1) is 14.2 Å². The molecule has 0 unspecified atom stereocenters. The summed E-state index contributed by atoms with van der Waals surface area (Å²) in [5.74, 6) is 1.78. The number of nitrogens with one attached hydrogen (secondary N) is 1. The summed E-state index contributed by atoms with van der Waals surface area (Å²) in [5.41, 5.74) is 1.38. The lowest BCUT2D eigenvalue weighted by atomic mass is 9.86. The topological polar surface area (TPSA) is 43.0 Å². The third kappa shape index (κ3) is 4.46. The Balaban J connectivity index is 1.65. The van der Waals surface area contributed by atoms with Crippen LogP contribution in [0.3, 0.4) is 0 Å². The Morgan fingerprint density at radius 3 is 2.52 bits per heavy atom. The number of likely N-dealkylation sites (tertiary alicyclic amines) is 1. The molecule has 3 rings (SSSR count). The van der Waals surface area contributed by atoms with Gasteiger partial charge in [-0.25, -0.2) is 0 Å². The van der Waals surface area contributed by atoms with Crippen LogP contribution in [0.4, 0.5) is 0 Å². The SMILES string of the molecule is COc1ccc(OC)c(CNCC2(N3CCCCC3)CCOCC2)c1. The summed E-state index contributed by atoms with van der Waals surface area (Å²) in [7, 11) is 3.42. The van der Waals surface area contributed by atoms with E-state index in [1.807, 2.05) is 12.1 Å². The number of rotatable bonds is 7. The van der Waals surface area contributed by atoms with Crippen molar-refractivity contribution in [3.8, 4) is 11.5 Å². The Bertz CT molecular complexity index is 538. The highest BCUT2D eigenvalue weighted by Crippen LogP contribution is 2.31. The van der Waals surface area contributed by atoms with Crippen LogP contribution in [-0.4, -0.2) is 57.5 Å². The lowest BCUT2D eigenvalue weighted by molar-refractivity contribution is -0.0358. The van der Waals surface area contributed by atoms with Crippen molar-refractivity contribution in [2.24, 2.45) is 0 Å². The number of methoxy groups -OCH3 is 2. The molecular weight excluding hydrogens is 316 g/mol. The van der Waals surface area contributed by atoms with Crippen LogP contribution < -0.4 is 14.8 Å². The lowest BCUT2D eigenvalue weighted by Crippen LogP contribution is -2.59. The van der Waals surface area contributed by atoms with Crippen LogP contribution in [0.15, 0.2) is 18.2 Å². The number of hydrogen-bond donors (Lipinski definition) is 1. The average Bonchev–Trinajstić information content (AvgIpc) is 2.69. The minimum absolute atomic E-state index is 0.241. The van der Waals surface area contributed by atoms with Crippen molar-refractivity contribution in [1.29, 1.82) is 0 Å². The molecule has 2 aliphatic heterocycles. The van der Waals surface area contributed by atoms with E-state index in [1.54, 1.807) is 14.2 Å². The third-order valence-electron chi connectivity index (χ3n) is 5.71. The quantitative estimate of drug-likeness (QED) is 0.821. The standard InChI is InChI=1S/C20H32N2O3/c1-23-18-6-7-19(24-2)17(14-18)15-21-16-20(8-12-25-13-9-20)22-10-4-3-5-11-22/h6-7,14,21H,3-5,8-13,15-16H2,1-2H3. The van der Waals surface area contributed by atoms with E-state index in [0.717, 1.165) is 56.2 Å². The molecule has 2 aliphatic rings. The monoisotopic (exact) mass is 348 g/mol. The Kier molecular flexibility index (Phi) is 6.57. The van der Waals surface area contributed by atoms with Gasteiger partial charge in [-0.05, 0) is 57.0 Å². The molecule has 0 spiro atoms. The largest absolute Gasteiger partial charge is 0.497 e. The first-order valence-corrected chi connectivity index (χ1v) is 9.52. The molecule has 0 atom stereocenters. The van der Waals surface area contributed by atoms with Crippen molar-refractivity contribution in [3.63, 3.8) is 0 Å². The molecule has 2 fully saturated rings. The van der Waals surface area contributed by atoms with Crippen LogP contribution in [0.1, 0.15) is 37.7 Å². The van der Waals surface area contributed by atoms with Crippen molar-refractivity contribution >= 4 is 0 Å². The van der Waals surface area contributed by atoms with Crippen LogP contribution in [0, 0.1) is 0 Å². The zero-order chi connectivity index (χ0) is 17.5. The highest BCUT2D eigenvalue weighted by molar-refractivity contribution is 5.40. The summed E-state index contributed by atoms with van der Waals surface area (Å²) >= 11 is 0. The molecule has 1 aromatic carbocycles. The molecule has 5 heteroatoms. The summed E-state index contributed by atoms with van der Waals surface area (Å²) < 4.78 is 16.5. The molecule has 0 amide bonds. The highest BCUT2D eigenvalue weighted by Gasteiger charge is 2.38. The van der Waals surface area contributed by atoms with Gasteiger partial charge >= 0.3 is 0 Å². The molecule has 1 aromatic rings. The molecule has 2 heterocycles. The number of piperidine rings is 1. The maximum Gasteiger partial charge on any atom is 0.123 e. The fourth-order valence-electron chi connectivity index (χ4n) is 4.17. The van der Waals surface area contributed by atoms with E-state index in [0.29, 0.717) is 0 Å². The summed E-state index contributed by atoms with van der Waals surface area (Å²) in [6.07, 6.45) is 6.26. The van der Waals surface area contributed by atoms with Gasteiger partial charge < -0.3 is 19.5 Å². The van der Waals surface area contributed by atoms with Crippen LogP contribution in [0.2, 0.25) is 0 Å². The van der Waals surface area contributed by atoms with E-state index in [2.05, 4.69) is 16.3 Å². The Hall–Kier alpha value is -1.30. The average molecular weight is 348 g/mol. The van der Waals surface area contributed by atoms with Gasteiger partial charge in [0.2, 0.25) is 0 Å². The molecule has 0 radical (unpaired) electrons. The van der Waals surface area contributed by atoms with Gasteiger partial charge in [0.1, 0.15) is 11.5 Å². The summed E-state index contributed by atoms with van der Waals surface area (Å²) in [6, 6.07) is 5.98. The first-order valence-electron chi connectivity index (χ1n) is 9.52. The molecule has 0 aromatic heterocycles. The Morgan fingerprint density at radius 2 is 1.84 bits per heavy atom. The van der Waals surface area contributed by atoms with Crippen molar-refractivity contribution in [1.82, 2.24) is 10.2 Å². The molecule has 0 saturated carbocycles. The fraction of sp³-hybridized carbons (Fsp3) is 0.700. The van der Waals surface area contributed by atoms with Gasteiger partial charge in [-0.3, -0.25) is 4.90 Å². The van der Waals surface area contributed by atoms with Gasteiger partial charge in [0.25, 0.3) is 0 Å². The van der Waals surface area contributed by atoms with E-state index in [9.17, 15) is 0 Å². The molecule has 0 aliphatic carbocycles. The maximum absolute atomic E-state index is 5.66. The first-order chi connectivity index (χ1) is 12.3. The van der Waals surface area contributed by atoms with Crippen molar-refractivity contribution in [2.75, 3.05) is 47.1 Å². The number of benzene rings is 1. The molecule has 2 saturated heterocycles. The minimum atomic E-state index is 0.241. The molecule has 140 valence electrons. The van der Waals surface area contributed by atoms with Crippen molar-refractivity contribution < 1.29 is 14.2 Å². The predicted octanol–water partition coefficient (Wildman–Crippen LogP) is 2.83. The van der Waals surface area contributed by atoms with E-state index in [1.165, 1.54) is 32.4 Å². The molecule has 0 bridgehead atoms. The van der Waals surface area contributed by atoms with Crippen LogP contribution >= 0.6 is 0 Å². The second-order valence-electron chi connectivity index (χ2n) is 7.17. The van der Waals surface area contributed by atoms with Gasteiger partial charge in [0.15, 0.2) is 0 Å². The van der Waals surface area contributed by atoms with Gasteiger partial charge in [-0.15, -0.1) is 0 Å². The third-order valence-corrected chi connectivity index (χ3v) is 5.71. The molecule has 1 N–H and O–H groups in total. The fourth-order valence-corrected chi connectivity index (χ4v) is 4.17. The van der Waals surface area contributed by atoms with E-state index in [4.69, 9.17) is 14.2 Å². The van der Waals surface area contributed by atoms with E-state index in [-0.39, 0.29) is 5.54 Å². The van der Waals surface area contributed by atoms with E-state index >= 15 is 0 Å². The second kappa shape index (κ2) is 8.88. The van der Waals surface area contributed by atoms with Crippen LogP contribution in [0.25, 0.3) is 0 Å². The summed E-state index contributed by atoms with van der Waals surface area (Å²) in [6.45, 7) is 5.99. The van der Waals surface area contributed by atoms with E-state index < -0.39 is 0 Å². The predicted molar refractivity (Wildman–Crippen MR) is 99.5 cm³/mol.